The van der Waals surface area contributed by atoms with Gasteiger partial charge in [-0.25, -0.2) is 9.78 Å². The van der Waals surface area contributed by atoms with Crippen molar-refractivity contribution in [1.82, 2.24) is 9.88 Å². The maximum absolute atomic E-state index is 13.8. The fraction of sp³-hybridized carbons (Fsp3) is 0.828. The Bertz CT molecular complexity index is 868. The molecule has 0 radical (unpaired) electrons. The summed E-state index contributed by atoms with van der Waals surface area (Å²) in [5.41, 5.74) is 6.81. The summed E-state index contributed by atoms with van der Waals surface area (Å²) in [6.45, 7) is 22.4. The number of thiazole rings is 1. The second-order valence-corrected chi connectivity index (χ2v) is 18.1. The van der Waals surface area contributed by atoms with Crippen LogP contribution in [0.3, 0.4) is 0 Å². The number of hydrogen-bond acceptors (Lipinski definition) is 7. The molecule has 0 aliphatic heterocycles. The van der Waals surface area contributed by atoms with Gasteiger partial charge in [-0.3, -0.25) is 4.79 Å². The van der Waals surface area contributed by atoms with E-state index in [-0.39, 0.29) is 34.9 Å². The van der Waals surface area contributed by atoms with Crippen LogP contribution in [0.25, 0.3) is 0 Å². The lowest BCUT2D eigenvalue weighted by atomic mass is 9.92. The summed E-state index contributed by atoms with van der Waals surface area (Å²) >= 11 is 1.42. The molecule has 7 nitrogen and oxygen atoms in total. The fourth-order valence-corrected chi connectivity index (χ4v) is 6.37. The Morgan fingerprint density at radius 1 is 1.13 bits per heavy atom. The molecule has 0 aliphatic carbocycles. The van der Waals surface area contributed by atoms with Crippen LogP contribution in [-0.2, 0) is 14.0 Å². The van der Waals surface area contributed by atoms with Crippen LogP contribution in [0.1, 0.15) is 116 Å². The molecule has 1 amide bonds. The van der Waals surface area contributed by atoms with Gasteiger partial charge >= 0.3 is 5.97 Å². The Hall–Kier alpha value is -1.29. The topological polar surface area (TPSA) is 94.8 Å². The Morgan fingerprint density at radius 3 is 2.26 bits per heavy atom. The molecule has 220 valence electrons. The van der Waals surface area contributed by atoms with Crippen molar-refractivity contribution in [2.45, 2.75) is 130 Å². The summed E-state index contributed by atoms with van der Waals surface area (Å²) in [5, 5.41) is 2.49. The molecule has 0 aromatic carbocycles. The van der Waals surface area contributed by atoms with Gasteiger partial charge < -0.3 is 19.8 Å². The molecule has 0 spiro atoms. The molecule has 0 bridgehead atoms. The molecular formula is C29H55N3O4SSi. The molecule has 4 atom stereocenters. The molecule has 1 rings (SSSR count). The lowest BCUT2D eigenvalue weighted by Crippen LogP contribution is -2.53. The number of nitrogens with two attached hydrogens (primary N) is 1. The summed E-state index contributed by atoms with van der Waals surface area (Å²) in [4.78, 5) is 32.7. The van der Waals surface area contributed by atoms with Crippen molar-refractivity contribution in [3.63, 3.8) is 0 Å². The minimum Gasteiger partial charge on any atom is -0.464 e. The second kappa shape index (κ2) is 15.5. The Labute approximate surface area is 237 Å². The number of esters is 1. The van der Waals surface area contributed by atoms with E-state index in [1.807, 2.05) is 4.90 Å². The lowest BCUT2D eigenvalue weighted by Gasteiger charge is -2.42. The van der Waals surface area contributed by atoms with Gasteiger partial charge in [-0.15, -0.1) is 11.3 Å². The zero-order chi connectivity index (χ0) is 29.3. The number of aromatic nitrogens is 1. The zero-order valence-corrected chi connectivity index (χ0v) is 27.7. The number of ether oxygens (including phenoxy) is 1. The van der Waals surface area contributed by atoms with Gasteiger partial charge in [-0.2, -0.15) is 0 Å². The van der Waals surface area contributed by atoms with E-state index in [1.165, 1.54) is 18.4 Å². The van der Waals surface area contributed by atoms with Gasteiger partial charge in [0.15, 0.2) is 14.0 Å². The molecule has 0 saturated carbocycles. The van der Waals surface area contributed by atoms with E-state index in [9.17, 15) is 9.59 Å². The molecule has 1 aromatic rings. The number of carbonyl (C=O) groups is 2. The molecular weight excluding hydrogens is 514 g/mol. The van der Waals surface area contributed by atoms with E-state index in [2.05, 4.69) is 73.5 Å². The quantitative estimate of drug-likeness (QED) is 0.129. The maximum atomic E-state index is 13.8. The van der Waals surface area contributed by atoms with E-state index in [4.69, 9.17) is 14.9 Å². The second-order valence-electron chi connectivity index (χ2n) is 12.5. The van der Waals surface area contributed by atoms with E-state index in [0.717, 1.165) is 37.1 Å². The third-order valence-corrected chi connectivity index (χ3v) is 13.6. The van der Waals surface area contributed by atoms with Crippen molar-refractivity contribution in [2.24, 2.45) is 17.6 Å². The number of hydrogen-bond donors (Lipinski definition) is 1. The van der Waals surface area contributed by atoms with Crippen LogP contribution >= 0.6 is 11.3 Å². The highest BCUT2D eigenvalue weighted by Gasteiger charge is 2.42. The SMILES string of the molecule is CCCCCCN(C(=O)[C@@H](N)[C@@H](C)CC)[C@H](C[C@@H](O[Si](C)(C)C(C)(C)C)c1nc(C(=O)OC)cs1)C(C)C. The number of nitrogens with zero attached hydrogens (tertiary/aromatic N) is 2. The van der Waals surface area contributed by atoms with Gasteiger partial charge in [0.05, 0.1) is 19.3 Å². The number of amides is 1. The minimum atomic E-state index is -2.20. The molecule has 1 heterocycles. The standard InChI is InChI=1S/C29H55N3O4SSi/c1-12-14-15-16-17-32(27(33)25(30)21(5)13-2)23(20(3)4)18-24(36-38(10,11)29(6,7)8)26-31-22(19-37-26)28(34)35-9/h19-21,23-25H,12-18,30H2,1-11H3/t21-,23+,24+,25-/m0/s1. The van der Waals surface area contributed by atoms with Gasteiger partial charge in [0, 0.05) is 18.0 Å². The average molecular weight is 570 g/mol. The smallest absolute Gasteiger partial charge is 0.357 e. The summed E-state index contributed by atoms with van der Waals surface area (Å²) in [7, 11) is -0.836. The molecule has 38 heavy (non-hydrogen) atoms. The van der Waals surface area contributed by atoms with Crippen LogP contribution in [0.4, 0.5) is 0 Å². The van der Waals surface area contributed by atoms with E-state index in [1.54, 1.807) is 5.38 Å². The number of carbonyl (C=O) groups excluding carboxylic acids is 2. The Morgan fingerprint density at radius 2 is 1.76 bits per heavy atom. The predicted octanol–water partition coefficient (Wildman–Crippen LogP) is 7.19. The summed E-state index contributed by atoms with van der Waals surface area (Å²) in [5.74, 6) is -0.129. The highest BCUT2D eigenvalue weighted by molar-refractivity contribution is 7.09. The van der Waals surface area contributed by atoms with Crippen LogP contribution in [0.2, 0.25) is 18.1 Å². The van der Waals surface area contributed by atoms with E-state index in [0.29, 0.717) is 18.7 Å². The van der Waals surface area contributed by atoms with Crippen LogP contribution in [0.15, 0.2) is 5.38 Å². The van der Waals surface area contributed by atoms with Crippen LogP contribution in [0.5, 0.6) is 0 Å². The van der Waals surface area contributed by atoms with Crippen molar-refractivity contribution in [2.75, 3.05) is 13.7 Å². The van der Waals surface area contributed by atoms with Crippen molar-refractivity contribution < 1.29 is 18.8 Å². The number of methoxy groups -OCH3 is 1. The summed E-state index contributed by atoms with van der Waals surface area (Å²) in [6.07, 6.45) is 5.45. The summed E-state index contributed by atoms with van der Waals surface area (Å²) in [6, 6.07) is -0.600. The van der Waals surface area contributed by atoms with Gasteiger partial charge in [0.1, 0.15) is 5.01 Å². The summed E-state index contributed by atoms with van der Waals surface area (Å²) < 4.78 is 11.9. The monoisotopic (exact) mass is 569 g/mol. The first-order chi connectivity index (χ1) is 17.6. The third-order valence-electron chi connectivity index (χ3n) is 8.14. The van der Waals surface area contributed by atoms with Crippen LogP contribution < -0.4 is 5.73 Å². The number of rotatable bonds is 16. The van der Waals surface area contributed by atoms with Crippen molar-refractivity contribution in [1.29, 1.82) is 0 Å². The predicted molar refractivity (Wildman–Crippen MR) is 161 cm³/mol. The van der Waals surface area contributed by atoms with Gasteiger partial charge in [0.2, 0.25) is 5.91 Å². The highest BCUT2D eigenvalue weighted by Crippen LogP contribution is 2.42. The van der Waals surface area contributed by atoms with Crippen molar-refractivity contribution >= 4 is 31.5 Å². The van der Waals surface area contributed by atoms with Gasteiger partial charge in [-0.1, -0.05) is 81.1 Å². The molecule has 2 N–H and O–H groups in total. The first kappa shape index (κ1) is 34.7. The van der Waals surface area contributed by atoms with Gasteiger partial charge in [0.25, 0.3) is 0 Å². The molecule has 0 unspecified atom stereocenters. The minimum absolute atomic E-state index is 0.00438. The Balaban J connectivity index is 3.48. The maximum Gasteiger partial charge on any atom is 0.357 e. The third kappa shape index (κ3) is 9.72. The zero-order valence-electron chi connectivity index (χ0n) is 25.9. The molecule has 0 saturated heterocycles. The van der Waals surface area contributed by atoms with Gasteiger partial charge in [-0.05, 0) is 42.8 Å². The van der Waals surface area contributed by atoms with Crippen LogP contribution in [0, 0.1) is 11.8 Å². The van der Waals surface area contributed by atoms with Crippen LogP contribution in [-0.4, -0.2) is 55.8 Å². The molecule has 0 aliphatic rings. The van der Waals surface area contributed by atoms with E-state index >= 15 is 0 Å². The highest BCUT2D eigenvalue weighted by atomic mass is 32.1. The fourth-order valence-electron chi connectivity index (χ4n) is 4.18. The Kier molecular flexibility index (Phi) is 14.2. The van der Waals surface area contributed by atoms with Crippen molar-refractivity contribution in [3.8, 4) is 0 Å². The normalized spacial score (nSPS) is 15.7. The average Bonchev–Trinajstić information content (AvgIpc) is 3.34. The number of unbranched alkanes of at least 4 members (excludes halogenated alkanes) is 3. The van der Waals surface area contributed by atoms with Crippen molar-refractivity contribution in [3.05, 3.63) is 16.1 Å². The van der Waals surface area contributed by atoms with E-state index < -0.39 is 20.3 Å². The first-order valence-corrected chi connectivity index (χ1v) is 18.2. The first-order valence-electron chi connectivity index (χ1n) is 14.4. The molecule has 9 heteroatoms. The molecule has 0 fully saturated rings. The largest absolute Gasteiger partial charge is 0.464 e. The molecule has 1 aromatic heterocycles. The lowest BCUT2D eigenvalue weighted by molar-refractivity contribution is -0.138.